The average molecular weight is 474 g/mol. The fraction of sp³-hybridized carbons (Fsp3) is 0.292. The van der Waals surface area contributed by atoms with E-state index in [4.69, 9.17) is 20.8 Å². The molecule has 1 amide bonds. The minimum atomic E-state index is -3.16. The summed E-state index contributed by atoms with van der Waals surface area (Å²) in [6.45, 7) is 2.61. The van der Waals surface area contributed by atoms with E-state index in [2.05, 4.69) is 0 Å². The minimum absolute atomic E-state index is 0.0412. The number of rotatable bonds is 7. The number of halogens is 1. The molecule has 0 aliphatic carbocycles. The van der Waals surface area contributed by atoms with Gasteiger partial charge >= 0.3 is 0 Å². The molecule has 32 heavy (non-hydrogen) atoms. The number of benzene rings is 2. The second-order valence-electron chi connectivity index (χ2n) is 7.72. The van der Waals surface area contributed by atoms with Crippen molar-refractivity contribution in [2.24, 2.45) is 0 Å². The van der Waals surface area contributed by atoms with Gasteiger partial charge in [0.2, 0.25) is 0 Å². The Morgan fingerprint density at radius 1 is 1.09 bits per heavy atom. The van der Waals surface area contributed by atoms with Crippen molar-refractivity contribution in [2.45, 2.75) is 25.9 Å². The summed E-state index contributed by atoms with van der Waals surface area (Å²) in [5.41, 5.74) is 1.34. The maximum absolute atomic E-state index is 13.4. The van der Waals surface area contributed by atoms with E-state index < -0.39 is 15.9 Å². The van der Waals surface area contributed by atoms with Crippen LogP contribution >= 0.6 is 11.6 Å². The molecule has 0 N–H and O–H groups in total. The molecule has 1 aliphatic heterocycles. The molecule has 3 aromatic rings. The number of carbonyl (C=O) groups excluding carboxylic acids is 1. The van der Waals surface area contributed by atoms with Crippen LogP contribution in [0, 0.1) is 0 Å². The number of hydrogen-bond acceptors (Lipinski definition) is 5. The molecule has 2 heterocycles. The van der Waals surface area contributed by atoms with Gasteiger partial charge in [-0.15, -0.1) is 0 Å². The molecule has 1 atom stereocenters. The summed E-state index contributed by atoms with van der Waals surface area (Å²) >= 11 is 5.96. The van der Waals surface area contributed by atoms with Crippen LogP contribution in [0.4, 0.5) is 0 Å². The van der Waals surface area contributed by atoms with E-state index in [-0.39, 0.29) is 24.0 Å². The highest BCUT2D eigenvalue weighted by atomic mass is 35.5. The third kappa shape index (κ3) is 5.16. The number of hydrogen-bond donors (Lipinski definition) is 0. The maximum Gasteiger partial charge on any atom is 0.254 e. The molecule has 0 spiro atoms. The summed E-state index contributed by atoms with van der Waals surface area (Å²) in [6, 6.07) is 17.4. The van der Waals surface area contributed by atoms with Gasteiger partial charge < -0.3 is 14.1 Å². The Kier molecular flexibility index (Phi) is 6.58. The van der Waals surface area contributed by atoms with Crippen LogP contribution in [0.1, 0.15) is 29.5 Å². The second-order valence-corrected chi connectivity index (χ2v) is 10.4. The predicted molar refractivity (Wildman–Crippen MR) is 124 cm³/mol. The van der Waals surface area contributed by atoms with E-state index in [0.29, 0.717) is 40.9 Å². The van der Waals surface area contributed by atoms with Gasteiger partial charge in [-0.1, -0.05) is 11.6 Å². The van der Waals surface area contributed by atoms with E-state index in [1.807, 2.05) is 31.2 Å². The van der Waals surface area contributed by atoms with E-state index in [1.165, 1.54) is 0 Å². The Morgan fingerprint density at radius 2 is 1.81 bits per heavy atom. The van der Waals surface area contributed by atoms with Crippen molar-refractivity contribution in [1.82, 2.24) is 4.90 Å². The fourth-order valence-electron chi connectivity index (χ4n) is 3.81. The van der Waals surface area contributed by atoms with Crippen LogP contribution in [0.3, 0.4) is 0 Å². The summed E-state index contributed by atoms with van der Waals surface area (Å²) in [7, 11) is -3.16. The number of sulfone groups is 1. The second kappa shape index (κ2) is 9.38. The molecule has 1 fully saturated rings. The SMILES string of the molecule is CCOc1ccc(C(=O)N(Cc2ccc(-c3ccc(Cl)cc3)o2)[C@@H]2CCS(=O)(=O)C2)cc1. The first-order valence-corrected chi connectivity index (χ1v) is 12.6. The summed E-state index contributed by atoms with van der Waals surface area (Å²) in [6.07, 6.45) is 0.413. The zero-order chi connectivity index (χ0) is 22.7. The van der Waals surface area contributed by atoms with Crippen molar-refractivity contribution in [3.05, 3.63) is 77.0 Å². The highest BCUT2D eigenvalue weighted by molar-refractivity contribution is 7.91. The van der Waals surface area contributed by atoms with Gasteiger partial charge in [0.1, 0.15) is 17.3 Å². The zero-order valence-corrected chi connectivity index (χ0v) is 19.2. The highest BCUT2D eigenvalue weighted by Crippen LogP contribution is 2.27. The largest absolute Gasteiger partial charge is 0.494 e. The first-order chi connectivity index (χ1) is 15.3. The number of amides is 1. The van der Waals surface area contributed by atoms with E-state index in [9.17, 15) is 13.2 Å². The van der Waals surface area contributed by atoms with Crippen molar-refractivity contribution in [2.75, 3.05) is 18.1 Å². The molecular formula is C24H24ClNO5S. The minimum Gasteiger partial charge on any atom is -0.494 e. The monoisotopic (exact) mass is 473 g/mol. The third-order valence-electron chi connectivity index (χ3n) is 5.44. The van der Waals surface area contributed by atoms with Gasteiger partial charge in [-0.3, -0.25) is 4.79 Å². The van der Waals surface area contributed by atoms with Gasteiger partial charge in [0.15, 0.2) is 9.84 Å². The molecule has 168 valence electrons. The number of furan rings is 1. The van der Waals surface area contributed by atoms with E-state index >= 15 is 0 Å². The predicted octanol–water partition coefficient (Wildman–Crippen LogP) is 4.83. The van der Waals surface area contributed by atoms with Crippen molar-refractivity contribution >= 4 is 27.3 Å². The average Bonchev–Trinajstić information content (AvgIpc) is 3.39. The Labute approximate surface area is 192 Å². The van der Waals surface area contributed by atoms with Crippen molar-refractivity contribution in [3.8, 4) is 17.1 Å². The van der Waals surface area contributed by atoms with Crippen LogP contribution < -0.4 is 4.74 Å². The number of carbonyl (C=O) groups is 1. The topological polar surface area (TPSA) is 76.8 Å². The molecule has 0 bridgehead atoms. The molecular weight excluding hydrogens is 450 g/mol. The van der Waals surface area contributed by atoms with Crippen molar-refractivity contribution in [3.63, 3.8) is 0 Å². The van der Waals surface area contributed by atoms with Gasteiger partial charge in [0.25, 0.3) is 5.91 Å². The lowest BCUT2D eigenvalue weighted by atomic mass is 10.1. The van der Waals surface area contributed by atoms with Crippen LogP contribution in [0.25, 0.3) is 11.3 Å². The van der Waals surface area contributed by atoms with Gasteiger partial charge in [0, 0.05) is 22.2 Å². The smallest absolute Gasteiger partial charge is 0.254 e. The maximum atomic E-state index is 13.4. The summed E-state index contributed by atoms with van der Waals surface area (Å²) < 4.78 is 35.6. The lowest BCUT2D eigenvalue weighted by Crippen LogP contribution is -2.40. The summed E-state index contributed by atoms with van der Waals surface area (Å²) in [4.78, 5) is 15.0. The molecule has 1 aromatic heterocycles. The molecule has 1 saturated heterocycles. The van der Waals surface area contributed by atoms with Crippen LogP contribution in [-0.4, -0.2) is 43.4 Å². The van der Waals surface area contributed by atoms with Crippen LogP contribution in [0.5, 0.6) is 5.75 Å². The first-order valence-electron chi connectivity index (χ1n) is 10.4. The van der Waals surface area contributed by atoms with Gasteiger partial charge in [-0.25, -0.2) is 8.42 Å². The molecule has 0 saturated carbocycles. The van der Waals surface area contributed by atoms with Crippen molar-refractivity contribution < 1.29 is 22.4 Å². The van der Waals surface area contributed by atoms with Crippen molar-refractivity contribution in [1.29, 1.82) is 0 Å². The first kappa shape index (κ1) is 22.4. The van der Waals surface area contributed by atoms with Gasteiger partial charge in [-0.2, -0.15) is 0 Å². The lowest BCUT2D eigenvalue weighted by Gasteiger charge is -2.27. The molecule has 0 unspecified atom stereocenters. The lowest BCUT2D eigenvalue weighted by molar-refractivity contribution is 0.0666. The highest BCUT2D eigenvalue weighted by Gasteiger charge is 2.35. The Hall–Kier alpha value is -2.77. The number of ether oxygens (including phenoxy) is 1. The standard InChI is InChI=1S/C24H24ClNO5S/c1-2-30-21-9-5-18(6-10-21)24(27)26(20-13-14-32(28,29)16-20)15-22-11-12-23(31-22)17-3-7-19(25)8-4-17/h3-12,20H,2,13-16H2,1H3/t20-/m1/s1. The van der Waals surface area contributed by atoms with Crippen LogP contribution in [0.15, 0.2) is 65.1 Å². The zero-order valence-electron chi connectivity index (χ0n) is 17.7. The van der Waals surface area contributed by atoms with E-state index in [0.717, 1.165) is 5.56 Å². The molecule has 4 rings (SSSR count). The molecule has 8 heteroatoms. The molecule has 0 radical (unpaired) electrons. The Balaban J connectivity index is 1.58. The Morgan fingerprint density at radius 3 is 2.44 bits per heavy atom. The third-order valence-corrected chi connectivity index (χ3v) is 7.44. The molecule has 1 aliphatic rings. The normalized spacial score (nSPS) is 17.2. The van der Waals surface area contributed by atoms with Gasteiger partial charge in [-0.05, 0) is 74.0 Å². The van der Waals surface area contributed by atoms with Crippen LogP contribution in [0.2, 0.25) is 5.02 Å². The quantitative estimate of drug-likeness (QED) is 0.491. The summed E-state index contributed by atoms with van der Waals surface area (Å²) in [5.74, 6) is 1.72. The molecule has 2 aromatic carbocycles. The van der Waals surface area contributed by atoms with Gasteiger partial charge in [0.05, 0.1) is 24.7 Å². The van der Waals surface area contributed by atoms with E-state index in [1.54, 1.807) is 41.3 Å². The number of nitrogens with zero attached hydrogens (tertiary/aromatic N) is 1. The Bertz CT molecular complexity index is 1190. The van der Waals surface area contributed by atoms with Crippen LogP contribution in [-0.2, 0) is 16.4 Å². The fourth-order valence-corrected chi connectivity index (χ4v) is 5.67. The molecule has 6 nitrogen and oxygen atoms in total. The summed E-state index contributed by atoms with van der Waals surface area (Å²) in [5, 5.41) is 0.634.